The smallest absolute Gasteiger partial charge is 0.305 e. The Bertz CT molecular complexity index is 519. The molecule has 0 aliphatic carbocycles. The standard InChI is InChI=1S/C12H12FNO2/c1-16-12(15)5-2-8-7-14-11-6-9(13)3-4-10(8)11/h3-4,6-7,14H,2,5H2,1H3. The SMILES string of the molecule is COC(=O)CCc1c[nH]c2cc(F)ccc12. The van der Waals surface area contributed by atoms with Gasteiger partial charge >= 0.3 is 5.97 Å². The third-order valence-corrected chi connectivity index (χ3v) is 2.56. The van der Waals surface area contributed by atoms with Crippen molar-refractivity contribution in [2.45, 2.75) is 12.8 Å². The Morgan fingerprint density at radius 3 is 3.06 bits per heavy atom. The van der Waals surface area contributed by atoms with Crippen LogP contribution in [0.2, 0.25) is 0 Å². The summed E-state index contributed by atoms with van der Waals surface area (Å²) < 4.78 is 17.5. The zero-order chi connectivity index (χ0) is 11.5. The van der Waals surface area contributed by atoms with Crippen LogP contribution in [0.3, 0.4) is 0 Å². The summed E-state index contributed by atoms with van der Waals surface area (Å²) in [7, 11) is 1.37. The van der Waals surface area contributed by atoms with Gasteiger partial charge in [-0.3, -0.25) is 4.79 Å². The number of halogens is 1. The maximum Gasteiger partial charge on any atom is 0.305 e. The fourth-order valence-corrected chi connectivity index (χ4v) is 1.70. The first-order valence-electron chi connectivity index (χ1n) is 5.03. The molecule has 84 valence electrons. The topological polar surface area (TPSA) is 42.1 Å². The van der Waals surface area contributed by atoms with Crippen molar-refractivity contribution in [3.63, 3.8) is 0 Å². The molecule has 0 amide bonds. The minimum atomic E-state index is -0.270. The van der Waals surface area contributed by atoms with Gasteiger partial charge in [-0.2, -0.15) is 0 Å². The molecule has 4 heteroatoms. The lowest BCUT2D eigenvalue weighted by molar-refractivity contribution is -0.140. The maximum absolute atomic E-state index is 12.9. The van der Waals surface area contributed by atoms with E-state index in [-0.39, 0.29) is 11.8 Å². The lowest BCUT2D eigenvalue weighted by Gasteiger charge is -1.98. The Kier molecular flexibility index (Phi) is 2.90. The zero-order valence-corrected chi connectivity index (χ0v) is 8.92. The van der Waals surface area contributed by atoms with Gasteiger partial charge in [-0.25, -0.2) is 4.39 Å². The number of benzene rings is 1. The predicted octanol–water partition coefficient (Wildman–Crippen LogP) is 2.41. The third kappa shape index (κ3) is 2.05. The van der Waals surface area contributed by atoms with Crippen LogP contribution in [0.4, 0.5) is 4.39 Å². The number of hydrogen-bond acceptors (Lipinski definition) is 2. The van der Waals surface area contributed by atoms with Crippen molar-refractivity contribution in [1.82, 2.24) is 4.98 Å². The van der Waals surface area contributed by atoms with E-state index in [1.165, 1.54) is 19.2 Å². The first-order chi connectivity index (χ1) is 7.70. The average molecular weight is 221 g/mol. The molecular weight excluding hydrogens is 209 g/mol. The van der Waals surface area contributed by atoms with E-state index in [1.54, 1.807) is 12.3 Å². The fraction of sp³-hybridized carbons (Fsp3) is 0.250. The summed E-state index contributed by atoms with van der Waals surface area (Å²) in [6.45, 7) is 0. The summed E-state index contributed by atoms with van der Waals surface area (Å²) in [4.78, 5) is 14.0. The number of aromatic amines is 1. The average Bonchev–Trinajstić information content (AvgIpc) is 2.68. The number of rotatable bonds is 3. The summed E-state index contributed by atoms with van der Waals surface area (Å²) in [5.74, 6) is -0.509. The zero-order valence-electron chi connectivity index (χ0n) is 8.92. The Hall–Kier alpha value is -1.84. The monoisotopic (exact) mass is 221 g/mol. The van der Waals surface area contributed by atoms with Crippen LogP contribution in [0.5, 0.6) is 0 Å². The molecule has 0 saturated heterocycles. The van der Waals surface area contributed by atoms with Gasteiger partial charge in [0.2, 0.25) is 0 Å². The molecule has 1 heterocycles. The van der Waals surface area contributed by atoms with Crippen molar-refractivity contribution in [2.24, 2.45) is 0 Å². The molecule has 3 nitrogen and oxygen atoms in total. The number of esters is 1. The largest absolute Gasteiger partial charge is 0.469 e. The Morgan fingerprint density at radius 2 is 2.31 bits per heavy atom. The van der Waals surface area contributed by atoms with Gasteiger partial charge in [-0.15, -0.1) is 0 Å². The van der Waals surface area contributed by atoms with Crippen LogP contribution in [-0.2, 0) is 16.0 Å². The van der Waals surface area contributed by atoms with Crippen molar-refractivity contribution in [2.75, 3.05) is 7.11 Å². The molecule has 1 aromatic carbocycles. The van der Waals surface area contributed by atoms with Crippen molar-refractivity contribution in [3.05, 3.63) is 35.8 Å². The molecule has 2 aromatic rings. The lowest BCUT2D eigenvalue weighted by atomic mass is 10.1. The normalized spacial score (nSPS) is 10.6. The summed E-state index contributed by atoms with van der Waals surface area (Å²) in [5.41, 5.74) is 1.75. The van der Waals surface area contributed by atoms with Gasteiger partial charge in [0.1, 0.15) is 5.82 Å². The highest BCUT2D eigenvalue weighted by atomic mass is 19.1. The van der Waals surface area contributed by atoms with E-state index < -0.39 is 0 Å². The van der Waals surface area contributed by atoms with Crippen LogP contribution in [0, 0.1) is 5.82 Å². The first kappa shape index (κ1) is 10.7. The Labute approximate surface area is 92.2 Å². The molecule has 1 aromatic heterocycles. The third-order valence-electron chi connectivity index (χ3n) is 2.56. The van der Waals surface area contributed by atoms with E-state index in [9.17, 15) is 9.18 Å². The summed E-state index contributed by atoms with van der Waals surface area (Å²) >= 11 is 0. The summed E-state index contributed by atoms with van der Waals surface area (Å²) in [6.07, 6.45) is 2.73. The van der Waals surface area contributed by atoms with Crippen molar-refractivity contribution < 1.29 is 13.9 Å². The number of carbonyl (C=O) groups is 1. The van der Waals surface area contributed by atoms with Crippen molar-refractivity contribution in [1.29, 1.82) is 0 Å². The van der Waals surface area contributed by atoms with Gasteiger partial charge in [0, 0.05) is 23.5 Å². The van der Waals surface area contributed by atoms with Gasteiger partial charge in [-0.05, 0) is 30.2 Å². The first-order valence-corrected chi connectivity index (χ1v) is 5.03. The van der Waals surface area contributed by atoms with Crippen molar-refractivity contribution in [3.8, 4) is 0 Å². The van der Waals surface area contributed by atoms with Crippen LogP contribution < -0.4 is 0 Å². The van der Waals surface area contributed by atoms with Gasteiger partial charge in [0.25, 0.3) is 0 Å². The van der Waals surface area contributed by atoms with Crippen LogP contribution in [-0.4, -0.2) is 18.1 Å². The quantitative estimate of drug-likeness (QED) is 0.809. The number of carbonyl (C=O) groups excluding carboxylic acids is 1. The number of hydrogen-bond donors (Lipinski definition) is 1. The summed E-state index contributed by atoms with van der Waals surface area (Å²) in [5, 5.41) is 0.949. The second-order valence-corrected chi connectivity index (χ2v) is 3.58. The van der Waals surface area contributed by atoms with Crippen LogP contribution in [0.15, 0.2) is 24.4 Å². The van der Waals surface area contributed by atoms with Gasteiger partial charge in [-0.1, -0.05) is 0 Å². The number of nitrogens with one attached hydrogen (secondary N) is 1. The predicted molar refractivity (Wildman–Crippen MR) is 58.6 cm³/mol. The highest BCUT2D eigenvalue weighted by molar-refractivity contribution is 5.83. The molecule has 0 aliphatic rings. The number of methoxy groups -OCH3 is 1. The van der Waals surface area contributed by atoms with E-state index >= 15 is 0 Å². The van der Waals surface area contributed by atoms with E-state index in [0.717, 1.165) is 16.5 Å². The molecule has 2 rings (SSSR count). The molecule has 16 heavy (non-hydrogen) atoms. The maximum atomic E-state index is 12.9. The van der Waals surface area contributed by atoms with Crippen LogP contribution in [0.1, 0.15) is 12.0 Å². The minimum absolute atomic E-state index is 0.239. The highest BCUT2D eigenvalue weighted by Crippen LogP contribution is 2.20. The van der Waals surface area contributed by atoms with E-state index in [0.29, 0.717) is 12.8 Å². The number of aromatic nitrogens is 1. The number of aryl methyl sites for hydroxylation is 1. The molecule has 0 saturated carbocycles. The number of H-pyrrole nitrogens is 1. The molecule has 0 unspecified atom stereocenters. The molecular formula is C12H12FNO2. The van der Waals surface area contributed by atoms with E-state index in [2.05, 4.69) is 9.72 Å². The number of ether oxygens (including phenoxy) is 1. The molecule has 0 bridgehead atoms. The second kappa shape index (κ2) is 4.35. The second-order valence-electron chi connectivity index (χ2n) is 3.58. The summed E-state index contributed by atoms with van der Waals surface area (Å²) in [6, 6.07) is 4.57. The van der Waals surface area contributed by atoms with Gasteiger partial charge < -0.3 is 9.72 Å². The van der Waals surface area contributed by atoms with Crippen LogP contribution >= 0.6 is 0 Å². The highest BCUT2D eigenvalue weighted by Gasteiger charge is 2.07. The van der Waals surface area contributed by atoms with Crippen molar-refractivity contribution >= 4 is 16.9 Å². The Balaban J connectivity index is 2.22. The minimum Gasteiger partial charge on any atom is -0.469 e. The molecule has 0 atom stereocenters. The molecule has 0 spiro atoms. The van der Waals surface area contributed by atoms with E-state index in [4.69, 9.17) is 0 Å². The molecule has 0 aliphatic heterocycles. The van der Waals surface area contributed by atoms with E-state index in [1.807, 2.05) is 0 Å². The lowest BCUT2D eigenvalue weighted by Crippen LogP contribution is -2.01. The molecule has 0 radical (unpaired) electrons. The number of fused-ring (bicyclic) bond motifs is 1. The van der Waals surface area contributed by atoms with Gasteiger partial charge in [0.15, 0.2) is 0 Å². The van der Waals surface area contributed by atoms with Gasteiger partial charge in [0.05, 0.1) is 7.11 Å². The molecule has 1 N–H and O–H groups in total. The molecule has 0 fully saturated rings. The fourth-order valence-electron chi connectivity index (χ4n) is 1.70. The Morgan fingerprint density at radius 1 is 1.50 bits per heavy atom. The van der Waals surface area contributed by atoms with Crippen LogP contribution in [0.25, 0.3) is 10.9 Å².